The molecule has 0 N–H and O–H groups in total. The molecule has 0 aliphatic rings. The number of hydrogen-bond acceptors (Lipinski definition) is 4. The number of methoxy groups -OCH3 is 2. The number of ether oxygens (including phenoxy) is 3. The lowest BCUT2D eigenvalue weighted by Gasteiger charge is -2.18. The Hall–Kier alpha value is -2.11. The second-order valence-corrected chi connectivity index (χ2v) is 5.13. The summed E-state index contributed by atoms with van der Waals surface area (Å²) in [5, 5.41) is 0. The van der Waals surface area contributed by atoms with Crippen molar-refractivity contribution in [3.63, 3.8) is 0 Å². The lowest BCUT2D eigenvalue weighted by molar-refractivity contribution is -0.110. The van der Waals surface area contributed by atoms with Crippen LogP contribution in [0, 0.1) is 6.92 Å². The van der Waals surface area contributed by atoms with Gasteiger partial charge in [0.05, 0.1) is 18.7 Å². The van der Waals surface area contributed by atoms with Crippen LogP contribution >= 0.6 is 0 Å². The number of aromatic nitrogens is 1. The van der Waals surface area contributed by atoms with E-state index >= 15 is 0 Å². The first-order valence-electron chi connectivity index (χ1n) is 7.60. The van der Waals surface area contributed by atoms with Crippen molar-refractivity contribution in [1.29, 1.82) is 0 Å². The lowest BCUT2D eigenvalue weighted by Crippen LogP contribution is -2.22. The molecule has 0 fully saturated rings. The molecular formula is C18H23NO4. The van der Waals surface area contributed by atoms with Crippen LogP contribution in [0.15, 0.2) is 36.4 Å². The van der Waals surface area contributed by atoms with Gasteiger partial charge in [-0.05, 0) is 25.5 Å². The molecule has 0 aliphatic carbocycles. The van der Waals surface area contributed by atoms with E-state index < -0.39 is 6.29 Å². The number of carbonyl (C=O) groups is 1. The first-order chi connectivity index (χ1) is 11.1. The summed E-state index contributed by atoms with van der Waals surface area (Å²) in [5.41, 5.74) is 3.36. The minimum atomic E-state index is -0.390. The number of esters is 1. The van der Waals surface area contributed by atoms with Gasteiger partial charge in [0.1, 0.15) is 0 Å². The summed E-state index contributed by atoms with van der Waals surface area (Å²) in [7, 11) is 3.20. The maximum absolute atomic E-state index is 12.2. The van der Waals surface area contributed by atoms with Crippen LogP contribution in [-0.2, 0) is 20.8 Å². The van der Waals surface area contributed by atoms with Gasteiger partial charge in [-0.15, -0.1) is 0 Å². The minimum absolute atomic E-state index is 0.313. The molecule has 0 radical (unpaired) electrons. The summed E-state index contributed by atoms with van der Waals surface area (Å²) >= 11 is 0. The molecule has 0 unspecified atom stereocenters. The van der Waals surface area contributed by atoms with E-state index in [1.54, 1.807) is 21.1 Å². The first-order valence-corrected chi connectivity index (χ1v) is 7.60. The Bertz CT molecular complexity index is 645. The van der Waals surface area contributed by atoms with Gasteiger partial charge in [-0.3, -0.25) is 0 Å². The zero-order valence-electron chi connectivity index (χ0n) is 14.0. The predicted octanol–water partition coefficient (Wildman–Crippen LogP) is 3.26. The molecule has 0 aliphatic heterocycles. The molecule has 1 heterocycles. The van der Waals surface area contributed by atoms with Crippen LogP contribution in [0.2, 0.25) is 0 Å². The summed E-state index contributed by atoms with van der Waals surface area (Å²) in [4.78, 5) is 12.2. The number of nitrogens with zero attached hydrogens (tertiary/aromatic N) is 1. The molecule has 0 saturated heterocycles. The predicted molar refractivity (Wildman–Crippen MR) is 88.4 cm³/mol. The van der Waals surface area contributed by atoms with E-state index in [2.05, 4.69) is 0 Å². The van der Waals surface area contributed by atoms with E-state index in [1.165, 1.54) is 0 Å². The number of benzene rings is 1. The van der Waals surface area contributed by atoms with Gasteiger partial charge in [0.2, 0.25) is 0 Å². The van der Waals surface area contributed by atoms with Crippen molar-refractivity contribution >= 4 is 5.97 Å². The van der Waals surface area contributed by atoms with E-state index in [-0.39, 0.29) is 5.97 Å². The van der Waals surface area contributed by atoms with Crippen LogP contribution in [0.1, 0.15) is 23.0 Å². The van der Waals surface area contributed by atoms with Crippen molar-refractivity contribution in [2.45, 2.75) is 26.7 Å². The van der Waals surface area contributed by atoms with Crippen LogP contribution in [0.4, 0.5) is 0 Å². The Morgan fingerprint density at radius 3 is 2.39 bits per heavy atom. The van der Waals surface area contributed by atoms with Crippen molar-refractivity contribution < 1.29 is 19.0 Å². The average molecular weight is 317 g/mol. The zero-order valence-corrected chi connectivity index (χ0v) is 14.0. The number of carbonyl (C=O) groups excluding carboxylic acids is 1. The monoisotopic (exact) mass is 317 g/mol. The van der Waals surface area contributed by atoms with Crippen molar-refractivity contribution in [2.24, 2.45) is 0 Å². The van der Waals surface area contributed by atoms with Gasteiger partial charge in [0, 0.05) is 25.6 Å². The third-order valence-corrected chi connectivity index (χ3v) is 3.79. The summed E-state index contributed by atoms with van der Waals surface area (Å²) in [5.74, 6) is -0.313. The molecule has 1 aromatic carbocycles. The highest BCUT2D eigenvalue weighted by Gasteiger charge is 2.21. The second kappa shape index (κ2) is 7.94. The normalized spacial score (nSPS) is 11.0. The summed E-state index contributed by atoms with van der Waals surface area (Å²) in [6.45, 7) is 4.54. The minimum Gasteiger partial charge on any atom is -0.462 e. The fourth-order valence-corrected chi connectivity index (χ4v) is 2.54. The molecule has 5 nitrogen and oxygen atoms in total. The number of hydrogen-bond donors (Lipinski definition) is 0. The molecule has 0 bridgehead atoms. The molecule has 2 aromatic rings. The third kappa shape index (κ3) is 3.81. The maximum atomic E-state index is 12.2. The second-order valence-electron chi connectivity index (χ2n) is 5.13. The van der Waals surface area contributed by atoms with Crippen LogP contribution in [0.25, 0.3) is 11.3 Å². The molecule has 0 atom stereocenters. The van der Waals surface area contributed by atoms with Crippen LogP contribution in [0.5, 0.6) is 0 Å². The van der Waals surface area contributed by atoms with E-state index in [4.69, 9.17) is 14.2 Å². The molecule has 1 aromatic heterocycles. The lowest BCUT2D eigenvalue weighted by atomic mass is 10.1. The van der Waals surface area contributed by atoms with Gasteiger partial charge in [0.25, 0.3) is 0 Å². The highest BCUT2D eigenvalue weighted by molar-refractivity contribution is 5.92. The zero-order chi connectivity index (χ0) is 16.8. The fourth-order valence-electron chi connectivity index (χ4n) is 2.54. The molecule has 5 heteroatoms. The molecule has 0 saturated carbocycles. The van der Waals surface area contributed by atoms with E-state index in [0.717, 1.165) is 17.0 Å². The molecular weight excluding hydrogens is 294 g/mol. The van der Waals surface area contributed by atoms with Crippen LogP contribution in [-0.4, -0.2) is 37.7 Å². The third-order valence-electron chi connectivity index (χ3n) is 3.79. The average Bonchev–Trinajstić information content (AvgIpc) is 2.90. The van der Waals surface area contributed by atoms with Gasteiger partial charge in [-0.1, -0.05) is 30.3 Å². The van der Waals surface area contributed by atoms with Gasteiger partial charge in [-0.2, -0.15) is 0 Å². The summed E-state index contributed by atoms with van der Waals surface area (Å²) in [6, 6.07) is 11.8. The topological polar surface area (TPSA) is 49.7 Å². The maximum Gasteiger partial charge on any atom is 0.339 e. The van der Waals surface area contributed by atoms with Crippen molar-refractivity contribution in [1.82, 2.24) is 4.57 Å². The smallest absolute Gasteiger partial charge is 0.339 e. The van der Waals surface area contributed by atoms with Gasteiger partial charge < -0.3 is 18.8 Å². The Balaban J connectivity index is 2.50. The highest BCUT2D eigenvalue weighted by Crippen LogP contribution is 2.27. The molecule has 23 heavy (non-hydrogen) atoms. The van der Waals surface area contributed by atoms with Crippen molar-refractivity contribution in [3.05, 3.63) is 47.7 Å². The largest absolute Gasteiger partial charge is 0.462 e. The van der Waals surface area contributed by atoms with Crippen LogP contribution in [0.3, 0.4) is 0 Å². The van der Waals surface area contributed by atoms with Crippen LogP contribution < -0.4 is 0 Å². The van der Waals surface area contributed by atoms with E-state index in [9.17, 15) is 4.79 Å². The fraction of sp³-hybridized carbons (Fsp3) is 0.389. The molecule has 0 amide bonds. The van der Waals surface area contributed by atoms with E-state index in [1.807, 2.05) is 47.9 Å². The summed E-state index contributed by atoms with van der Waals surface area (Å²) < 4.78 is 17.8. The Kier molecular flexibility index (Phi) is 5.96. The van der Waals surface area contributed by atoms with Gasteiger partial charge in [-0.25, -0.2) is 4.79 Å². The quantitative estimate of drug-likeness (QED) is 0.581. The van der Waals surface area contributed by atoms with Crippen molar-refractivity contribution in [3.8, 4) is 11.3 Å². The standard InChI is InChI=1S/C18H23NO4/c1-5-23-18(20)15-11-16(14-9-7-6-8-10-14)19(13(15)2)12-17(21-3)22-4/h6-11,17H,5,12H2,1-4H3. The Morgan fingerprint density at radius 1 is 1.17 bits per heavy atom. The molecule has 2 rings (SSSR count). The number of rotatable bonds is 7. The molecule has 124 valence electrons. The van der Waals surface area contributed by atoms with E-state index in [0.29, 0.717) is 18.7 Å². The van der Waals surface area contributed by atoms with Gasteiger partial charge >= 0.3 is 5.97 Å². The summed E-state index contributed by atoms with van der Waals surface area (Å²) in [6.07, 6.45) is -0.390. The van der Waals surface area contributed by atoms with Gasteiger partial charge in [0.15, 0.2) is 6.29 Å². The Morgan fingerprint density at radius 2 is 1.83 bits per heavy atom. The van der Waals surface area contributed by atoms with Crippen molar-refractivity contribution in [2.75, 3.05) is 20.8 Å². The highest BCUT2D eigenvalue weighted by atomic mass is 16.7. The molecule has 0 spiro atoms. The Labute approximate surface area is 136 Å². The SMILES string of the molecule is CCOC(=O)c1cc(-c2ccccc2)n(CC(OC)OC)c1C. The first kappa shape index (κ1) is 17.2.